The van der Waals surface area contributed by atoms with Crippen LogP contribution in [0.3, 0.4) is 0 Å². The second-order valence-corrected chi connectivity index (χ2v) is 3.79. The first-order chi connectivity index (χ1) is 7.27. The minimum absolute atomic E-state index is 0.143. The maximum atomic E-state index is 5.55. The molecule has 1 atom stereocenters. The van der Waals surface area contributed by atoms with E-state index in [0.29, 0.717) is 13.2 Å². The number of benzene rings is 1. The van der Waals surface area contributed by atoms with Crippen LogP contribution in [0.2, 0.25) is 0 Å². The Balaban J connectivity index is 2.54. The topological polar surface area (TPSA) is 35.2 Å². The van der Waals surface area contributed by atoms with Crippen molar-refractivity contribution in [3.05, 3.63) is 35.4 Å². The molecule has 0 saturated heterocycles. The SMILES string of the molecule is CCCc1ccc(C(C)OCCN)cc1. The van der Waals surface area contributed by atoms with Crippen molar-refractivity contribution >= 4 is 0 Å². The van der Waals surface area contributed by atoms with Gasteiger partial charge in [-0.25, -0.2) is 0 Å². The van der Waals surface area contributed by atoms with E-state index < -0.39 is 0 Å². The number of hydrogen-bond acceptors (Lipinski definition) is 2. The summed E-state index contributed by atoms with van der Waals surface area (Å²) in [7, 11) is 0. The van der Waals surface area contributed by atoms with E-state index in [1.165, 1.54) is 17.5 Å². The molecule has 0 aliphatic carbocycles. The predicted molar refractivity (Wildman–Crippen MR) is 63.9 cm³/mol. The summed E-state index contributed by atoms with van der Waals surface area (Å²) < 4.78 is 5.55. The molecule has 2 heteroatoms. The first-order valence-corrected chi connectivity index (χ1v) is 5.68. The van der Waals surface area contributed by atoms with Crippen LogP contribution in [0, 0.1) is 0 Å². The molecule has 1 unspecified atom stereocenters. The number of ether oxygens (including phenoxy) is 1. The second-order valence-electron chi connectivity index (χ2n) is 3.79. The van der Waals surface area contributed by atoms with Gasteiger partial charge in [0.2, 0.25) is 0 Å². The Kier molecular flexibility index (Phi) is 5.37. The van der Waals surface area contributed by atoms with Crippen LogP contribution in [0.1, 0.15) is 37.5 Å². The number of aryl methyl sites for hydroxylation is 1. The average molecular weight is 207 g/mol. The van der Waals surface area contributed by atoms with Crippen LogP contribution in [-0.4, -0.2) is 13.2 Å². The van der Waals surface area contributed by atoms with Gasteiger partial charge in [0, 0.05) is 6.54 Å². The first kappa shape index (κ1) is 12.2. The molecule has 0 aliphatic heterocycles. The third kappa shape index (κ3) is 4.02. The van der Waals surface area contributed by atoms with Crippen molar-refractivity contribution in [3.63, 3.8) is 0 Å². The fourth-order valence-corrected chi connectivity index (χ4v) is 1.59. The van der Waals surface area contributed by atoms with Crippen molar-refractivity contribution in [1.29, 1.82) is 0 Å². The van der Waals surface area contributed by atoms with Gasteiger partial charge >= 0.3 is 0 Å². The second kappa shape index (κ2) is 6.59. The molecule has 2 nitrogen and oxygen atoms in total. The van der Waals surface area contributed by atoms with E-state index in [1.807, 2.05) is 0 Å². The van der Waals surface area contributed by atoms with Gasteiger partial charge in [-0.1, -0.05) is 37.6 Å². The summed E-state index contributed by atoms with van der Waals surface area (Å²) in [5.41, 5.74) is 8.01. The van der Waals surface area contributed by atoms with Gasteiger partial charge in [0.05, 0.1) is 12.7 Å². The highest BCUT2D eigenvalue weighted by atomic mass is 16.5. The lowest BCUT2D eigenvalue weighted by Gasteiger charge is -2.13. The minimum Gasteiger partial charge on any atom is -0.373 e. The summed E-state index contributed by atoms with van der Waals surface area (Å²) in [6, 6.07) is 8.65. The van der Waals surface area contributed by atoms with Gasteiger partial charge < -0.3 is 10.5 Å². The molecule has 1 aromatic rings. The molecule has 1 aromatic carbocycles. The molecule has 0 radical (unpaired) electrons. The molecule has 0 saturated carbocycles. The Morgan fingerprint density at radius 1 is 1.27 bits per heavy atom. The molecule has 0 aromatic heterocycles. The Labute approximate surface area is 92.4 Å². The Morgan fingerprint density at radius 2 is 1.93 bits per heavy atom. The highest BCUT2D eigenvalue weighted by Gasteiger charge is 2.04. The van der Waals surface area contributed by atoms with Gasteiger partial charge in [0.1, 0.15) is 0 Å². The molecule has 0 spiro atoms. The number of rotatable bonds is 6. The molecule has 0 aliphatic rings. The smallest absolute Gasteiger partial charge is 0.0797 e. The molecule has 2 N–H and O–H groups in total. The third-order valence-corrected chi connectivity index (χ3v) is 2.47. The minimum atomic E-state index is 0.143. The molecule has 0 bridgehead atoms. The van der Waals surface area contributed by atoms with Crippen LogP contribution in [-0.2, 0) is 11.2 Å². The van der Waals surface area contributed by atoms with Crippen molar-refractivity contribution in [2.24, 2.45) is 5.73 Å². The van der Waals surface area contributed by atoms with Crippen molar-refractivity contribution in [2.75, 3.05) is 13.2 Å². The van der Waals surface area contributed by atoms with Crippen molar-refractivity contribution < 1.29 is 4.74 Å². The summed E-state index contributed by atoms with van der Waals surface area (Å²) in [4.78, 5) is 0. The van der Waals surface area contributed by atoms with Gasteiger partial charge in [-0.15, -0.1) is 0 Å². The fourth-order valence-electron chi connectivity index (χ4n) is 1.59. The summed E-state index contributed by atoms with van der Waals surface area (Å²) >= 11 is 0. The Morgan fingerprint density at radius 3 is 2.47 bits per heavy atom. The van der Waals surface area contributed by atoms with E-state index >= 15 is 0 Å². The van der Waals surface area contributed by atoms with Gasteiger partial charge in [-0.3, -0.25) is 0 Å². The van der Waals surface area contributed by atoms with Crippen LogP contribution in [0.25, 0.3) is 0 Å². The zero-order chi connectivity index (χ0) is 11.1. The lowest BCUT2D eigenvalue weighted by atomic mass is 10.1. The van der Waals surface area contributed by atoms with E-state index in [1.54, 1.807) is 0 Å². The highest BCUT2D eigenvalue weighted by molar-refractivity contribution is 5.24. The van der Waals surface area contributed by atoms with Crippen LogP contribution in [0.15, 0.2) is 24.3 Å². The lowest BCUT2D eigenvalue weighted by Crippen LogP contribution is -2.10. The monoisotopic (exact) mass is 207 g/mol. The summed E-state index contributed by atoms with van der Waals surface area (Å²) in [5.74, 6) is 0. The summed E-state index contributed by atoms with van der Waals surface area (Å²) in [6.07, 6.45) is 2.49. The van der Waals surface area contributed by atoms with E-state index in [-0.39, 0.29) is 6.10 Å². The standard InChI is InChI=1S/C13H21NO/c1-3-4-12-5-7-13(8-6-12)11(2)15-10-9-14/h5-8,11H,3-4,9-10,14H2,1-2H3. The van der Waals surface area contributed by atoms with Crippen LogP contribution < -0.4 is 5.73 Å². The van der Waals surface area contributed by atoms with Crippen LogP contribution in [0.5, 0.6) is 0 Å². The maximum absolute atomic E-state index is 5.55. The Hall–Kier alpha value is -0.860. The first-order valence-electron chi connectivity index (χ1n) is 5.68. The number of nitrogens with two attached hydrogens (primary N) is 1. The molecular formula is C13H21NO. The molecule has 0 fully saturated rings. The van der Waals surface area contributed by atoms with Crippen LogP contribution >= 0.6 is 0 Å². The average Bonchev–Trinajstić information content (AvgIpc) is 2.27. The Bertz CT molecular complexity index is 268. The summed E-state index contributed by atoms with van der Waals surface area (Å²) in [5, 5.41) is 0. The van der Waals surface area contributed by atoms with Gasteiger partial charge in [-0.2, -0.15) is 0 Å². The largest absolute Gasteiger partial charge is 0.373 e. The zero-order valence-electron chi connectivity index (χ0n) is 9.70. The molecule has 84 valence electrons. The molecule has 1 rings (SSSR count). The quantitative estimate of drug-likeness (QED) is 0.778. The van der Waals surface area contributed by atoms with Crippen molar-refractivity contribution in [1.82, 2.24) is 0 Å². The van der Waals surface area contributed by atoms with E-state index in [0.717, 1.165) is 6.42 Å². The zero-order valence-corrected chi connectivity index (χ0v) is 9.70. The lowest BCUT2D eigenvalue weighted by molar-refractivity contribution is 0.0718. The van der Waals surface area contributed by atoms with Gasteiger partial charge in [0.15, 0.2) is 0 Å². The van der Waals surface area contributed by atoms with E-state index in [4.69, 9.17) is 10.5 Å². The predicted octanol–water partition coefficient (Wildman–Crippen LogP) is 2.68. The highest BCUT2D eigenvalue weighted by Crippen LogP contribution is 2.17. The van der Waals surface area contributed by atoms with Gasteiger partial charge in [-0.05, 0) is 24.5 Å². The molecule has 0 amide bonds. The van der Waals surface area contributed by atoms with Gasteiger partial charge in [0.25, 0.3) is 0 Å². The molecule has 15 heavy (non-hydrogen) atoms. The van der Waals surface area contributed by atoms with Crippen molar-refractivity contribution in [2.45, 2.75) is 32.8 Å². The number of hydrogen-bond donors (Lipinski definition) is 1. The van der Waals surface area contributed by atoms with Crippen molar-refractivity contribution in [3.8, 4) is 0 Å². The molecule has 0 heterocycles. The summed E-state index contributed by atoms with van der Waals surface area (Å²) in [6.45, 7) is 5.46. The van der Waals surface area contributed by atoms with Crippen LogP contribution in [0.4, 0.5) is 0 Å². The third-order valence-electron chi connectivity index (χ3n) is 2.47. The van der Waals surface area contributed by atoms with E-state index in [9.17, 15) is 0 Å². The van der Waals surface area contributed by atoms with E-state index in [2.05, 4.69) is 38.1 Å². The maximum Gasteiger partial charge on any atom is 0.0797 e. The molecular weight excluding hydrogens is 186 g/mol. The normalized spacial score (nSPS) is 12.7. The fraction of sp³-hybridized carbons (Fsp3) is 0.538.